The molecule has 4 bridgehead atoms. The first-order valence-corrected chi connectivity index (χ1v) is 30.3. The van der Waals surface area contributed by atoms with Gasteiger partial charge in [-0.2, -0.15) is 0 Å². The number of nitrogens with one attached hydrogen (secondary N) is 4. The van der Waals surface area contributed by atoms with Gasteiger partial charge in [0.15, 0.2) is 5.72 Å². The molecule has 87 heavy (non-hydrogen) atoms. The zero-order valence-electron chi connectivity index (χ0n) is 50.3. The molecular weight excluding hydrogens is 1170 g/mol. The lowest BCUT2D eigenvalue weighted by atomic mass is 9.83. The molecule has 4 aromatic carbocycles. The third-order valence-electron chi connectivity index (χ3n) is 15.8. The number of carbonyl (C=O) groups excluding carboxylic acids is 7. The Morgan fingerprint density at radius 2 is 1.55 bits per heavy atom. The van der Waals surface area contributed by atoms with Crippen molar-refractivity contribution >= 4 is 72.4 Å². The predicted octanol–water partition coefficient (Wildman–Crippen LogP) is 7.57. The summed E-state index contributed by atoms with van der Waals surface area (Å²) in [6, 6.07) is 19.9. The van der Waals surface area contributed by atoms with Gasteiger partial charge >= 0.3 is 25.8 Å². The standard InChI is InChI=1S/C62H76ClN6O17P/c1-34(2)53(66-56(72)44-23-21-43(22-24-44)42-19-15-40(16-20-42)33-87(78,79)80)57(73)64-37(5)55(71)65-45-25-17-39(18-26-45)32-83-60(76)68(8)38(6)58(74)85-50-30-51(70)69(9)46-28-41(29-47(81-10)52(46)63)27-35(3)13-12-14-49(82-11)62(77)31-48(84-59(75)67-62)36(4)54-61(50,7)86-54/h12-26,28-29,34,36-38,48-50,53-54,77H,27,30-33H2,1-11H3,(H,64,73)(H,65,71)(H,66,72)(H,67,75)(H2,78,79,80)/b14-12+,35-13+/t36-,37-,38-,48?,49+,50-,53-,54-,61+,62-/m0/s1. The van der Waals surface area contributed by atoms with Gasteiger partial charge in [0, 0.05) is 44.8 Å². The Kier molecular flexibility index (Phi) is 21.6. The van der Waals surface area contributed by atoms with Crippen molar-refractivity contribution in [1.29, 1.82) is 0 Å². The molecule has 2 saturated heterocycles. The monoisotopic (exact) mass is 1240 g/mol. The number of rotatable bonds is 17. The molecule has 468 valence electrons. The van der Waals surface area contributed by atoms with Gasteiger partial charge in [0.25, 0.3) is 5.91 Å². The summed E-state index contributed by atoms with van der Waals surface area (Å²) < 4.78 is 46.4. The summed E-state index contributed by atoms with van der Waals surface area (Å²) in [7, 11) is 1.51. The molecule has 3 aliphatic rings. The summed E-state index contributed by atoms with van der Waals surface area (Å²) in [6.45, 7) is 11.5. The van der Waals surface area contributed by atoms with E-state index < -0.39 is 116 Å². The number of hydrogen-bond donors (Lipinski definition) is 7. The molecule has 1 unspecified atom stereocenters. The van der Waals surface area contributed by atoms with Crippen LogP contribution in [0.25, 0.3) is 11.1 Å². The van der Waals surface area contributed by atoms with Crippen molar-refractivity contribution in [2.24, 2.45) is 11.8 Å². The van der Waals surface area contributed by atoms with Gasteiger partial charge in [0.1, 0.15) is 59.4 Å². The number of fused-ring (bicyclic) bond motifs is 5. The predicted molar refractivity (Wildman–Crippen MR) is 323 cm³/mol. The fourth-order valence-electron chi connectivity index (χ4n) is 10.3. The number of nitrogens with zero attached hydrogens (tertiary/aromatic N) is 2. The molecule has 4 aromatic rings. The van der Waals surface area contributed by atoms with E-state index in [4.69, 9.17) is 40.0 Å². The smallest absolute Gasteiger partial charge is 0.410 e. The number of benzene rings is 4. The first-order chi connectivity index (χ1) is 40.9. The number of alkyl carbamates (subject to hydrolysis) is 1. The highest BCUT2D eigenvalue weighted by molar-refractivity contribution is 7.50. The van der Waals surface area contributed by atoms with E-state index in [1.165, 1.54) is 47.1 Å². The maximum absolute atomic E-state index is 14.4. The molecule has 0 spiro atoms. The Morgan fingerprint density at radius 1 is 0.920 bits per heavy atom. The number of hydrogen-bond acceptors (Lipinski definition) is 15. The average Bonchev–Trinajstić information content (AvgIpc) is 1.59. The molecule has 0 saturated carbocycles. The van der Waals surface area contributed by atoms with Crippen molar-refractivity contribution in [2.45, 2.75) is 134 Å². The van der Waals surface area contributed by atoms with Gasteiger partial charge in [0.05, 0.1) is 31.5 Å². The number of epoxide rings is 1. The van der Waals surface area contributed by atoms with Crippen LogP contribution >= 0.6 is 19.2 Å². The van der Waals surface area contributed by atoms with E-state index in [2.05, 4.69) is 21.3 Å². The molecule has 0 aromatic heterocycles. The van der Waals surface area contributed by atoms with Crippen LogP contribution in [0.2, 0.25) is 5.02 Å². The van der Waals surface area contributed by atoms with Crippen LogP contribution in [0.4, 0.5) is 21.0 Å². The van der Waals surface area contributed by atoms with E-state index in [9.17, 15) is 53.0 Å². The molecule has 7 rings (SSSR count). The first-order valence-electron chi connectivity index (χ1n) is 28.2. The molecule has 3 heterocycles. The summed E-state index contributed by atoms with van der Waals surface area (Å²) in [4.78, 5) is 116. The largest absolute Gasteiger partial charge is 0.495 e. The van der Waals surface area contributed by atoms with E-state index in [-0.39, 0.29) is 35.7 Å². The second kappa shape index (κ2) is 28.0. The number of aliphatic hydroxyl groups is 1. The minimum atomic E-state index is -4.22. The quantitative estimate of drug-likeness (QED) is 0.0232. The van der Waals surface area contributed by atoms with Crippen molar-refractivity contribution in [1.82, 2.24) is 20.9 Å². The Balaban J connectivity index is 0.953. The highest BCUT2D eigenvalue weighted by Crippen LogP contribution is 2.49. The number of allylic oxidation sites excluding steroid dienone is 3. The van der Waals surface area contributed by atoms with Gasteiger partial charge < -0.3 is 64.2 Å². The highest BCUT2D eigenvalue weighted by atomic mass is 35.5. The van der Waals surface area contributed by atoms with E-state index in [0.717, 1.165) is 27.2 Å². The van der Waals surface area contributed by atoms with Crippen molar-refractivity contribution < 1.29 is 81.4 Å². The molecule has 0 radical (unpaired) electrons. The summed E-state index contributed by atoms with van der Waals surface area (Å²) >= 11 is 6.83. The van der Waals surface area contributed by atoms with E-state index in [1.807, 2.05) is 13.0 Å². The lowest BCUT2D eigenvalue weighted by molar-refractivity contribution is -0.158. The Morgan fingerprint density at radius 3 is 2.16 bits per heavy atom. The number of ether oxygens (including phenoxy) is 6. The number of methoxy groups -OCH3 is 2. The van der Waals surface area contributed by atoms with Crippen LogP contribution in [0.3, 0.4) is 0 Å². The number of likely N-dealkylation sites (N-methyl/N-ethyl adjacent to an activating group) is 1. The average molecular weight is 1240 g/mol. The van der Waals surface area contributed by atoms with Gasteiger partial charge in [0.2, 0.25) is 17.7 Å². The van der Waals surface area contributed by atoms with Crippen LogP contribution in [0.5, 0.6) is 5.75 Å². The molecule has 7 N–H and O–H groups in total. The SMILES string of the molecule is COc1cc2cc(c1Cl)N(C)C(=O)C[C@H](OC(=O)[C@H](C)N(C)C(=O)OCc1ccc(NC(=O)[C@H](C)NC(=O)[C@@H](NC(=O)c3ccc(-c4ccc(CP(=O)(O)O)cc4)cc3)C(C)C)cc1)[C@@]1(C)O[C@H]1[C@@H](C)C1C[C@@](O)(NC(=O)O1)[C@H](OC)/C=C/C=C(\C)C2. The second-order valence-electron chi connectivity index (χ2n) is 22.8. The topological polar surface area (TPSA) is 311 Å². The molecular formula is C62H76ClN6O17P. The first kappa shape index (κ1) is 66.9. The Bertz CT molecular complexity index is 3320. The van der Waals surface area contributed by atoms with Gasteiger partial charge in [-0.3, -0.25) is 34.0 Å². The molecule has 3 aliphatic heterocycles. The molecule has 23 nitrogen and oxygen atoms in total. The minimum absolute atomic E-state index is 0.122. The fourth-order valence-corrected chi connectivity index (χ4v) is 11.3. The number of carbonyl (C=O) groups is 7. The Hall–Kier alpha value is -7.63. The van der Waals surface area contributed by atoms with Crippen LogP contribution in [-0.4, -0.2) is 144 Å². The van der Waals surface area contributed by atoms with Crippen molar-refractivity contribution in [3.63, 3.8) is 0 Å². The molecule has 0 aliphatic carbocycles. The van der Waals surface area contributed by atoms with Crippen LogP contribution in [-0.2, 0) is 66.6 Å². The molecule has 6 amide bonds. The number of anilines is 2. The normalized spacial score (nSPS) is 24.3. The van der Waals surface area contributed by atoms with Crippen molar-refractivity contribution in [3.8, 4) is 16.9 Å². The van der Waals surface area contributed by atoms with E-state index >= 15 is 0 Å². The fraction of sp³-hybridized carbons (Fsp3) is 0.435. The summed E-state index contributed by atoms with van der Waals surface area (Å²) in [6.07, 6.45) is -1.14. The summed E-state index contributed by atoms with van der Waals surface area (Å²) in [5.74, 6) is -3.76. The van der Waals surface area contributed by atoms with Crippen molar-refractivity contribution in [2.75, 3.05) is 38.5 Å². The number of amides is 6. The zero-order valence-corrected chi connectivity index (χ0v) is 52.0. The summed E-state index contributed by atoms with van der Waals surface area (Å²) in [5, 5.41) is 22.7. The van der Waals surface area contributed by atoms with Gasteiger partial charge in [-0.15, -0.1) is 0 Å². The van der Waals surface area contributed by atoms with Gasteiger partial charge in [-0.05, 0) is 104 Å². The van der Waals surface area contributed by atoms with Crippen LogP contribution in [0.15, 0.2) is 109 Å². The van der Waals surface area contributed by atoms with E-state index in [1.54, 1.807) is 125 Å². The van der Waals surface area contributed by atoms with Gasteiger partial charge in [-0.1, -0.05) is 105 Å². The Labute approximate surface area is 510 Å². The lowest BCUT2D eigenvalue weighted by Crippen LogP contribution is -2.63. The lowest BCUT2D eigenvalue weighted by Gasteiger charge is -2.42. The maximum Gasteiger partial charge on any atom is 0.410 e. The number of esters is 1. The van der Waals surface area contributed by atoms with Gasteiger partial charge in [-0.25, -0.2) is 14.4 Å². The molecule has 25 heteroatoms. The van der Waals surface area contributed by atoms with Crippen LogP contribution in [0, 0.1) is 11.8 Å². The minimum Gasteiger partial charge on any atom is -0.495 e. The second-order valence-corrected chi connectivity index (χ2v) is 24.8. The third kappa shape index (κ3) is 16.7. The van der Waals surface area contributed by atoms with Crippen LogP contribution < -0.4 is 30.9 Å². The third-order valence-corrected chi connectivity index (χ3v) is 17.0. The number of halogens is 1. The molecule has 2 fully saturated rings. The van der Waals surface area contributed by atoms with Crippen molar-refractivity contribution in [3.05, 3.63) is 136 Å². The highest BCUT2D eigenvalue weighted by Gasteiger charge is 2.64. The van der Waals surface area contributed by atoms with E-state index in [0.29, 0.717) is 34.7 Å². The van der Waals surface area contributed by atoms with Crippen LogP contribution in [0.1, 0.15) is 88.4 Å². The molecule has 10 atom stereocenters. The summed E-state index contributed by atoms with van der Waals surface area (Å²) in [5.41, 5.74) is 1.87. The zero-order chi connectivity index (χ0) is 63.9. The maximum atomic E-state index is 14.4.